The van der Waals surface area contributed by atoms with Crippen LogP contribution in [-0.2, 0) is 9.59 Å². The van der Waals surface area contributed by atoms with Gasteiger partial charge in [-0.2, -0.15) is 0 Å². The number of nitrogens with one attached hydrogen (secondary N) is 1. The van der Waals surface area contributed by atoms with Gasteiger partial charge in [0.15, 0.2) is 0 Å². The quantitative estimate of drug-likeness (QED) is 0.336. The Hall–Kier alpha value is 0.576. The van der Waals surface area contributed by atoms with Crippen LogP contribution in [0.25, 0.3) is 0 Å². The molecule has 22 heavy (non-hydrogen) atoms. The summed E-state index contributed by atoms with van der Waals surface area (Å²) >= 11 is 0. The SMILES string of the molecule is CCCCCCCCCCCCCC(=O)NCCC(=O)[O-].[K+]. The van der Waals surface area contributed by atoms with Crippen molar-refractivity contribution in [3.8, 4) is 0 Å². The van der Waals surface area contributed by atoms with E-state index < -0.39 is 5.97 Å². The van der Waals surface area contributed by atoms with Crippen molar-refractivity contribution in [3.05, 3.63) is 0 Å². The fraction of sp³-hybridized carbons (Fsp3) is 0.882. The molecule has 0 spiro atoms. The first-order valence-corrected chi connectivity index (χ1v) is 8.63. The zero-order chi connectivity index (χ0) is 15.8. The molecule has 0 unspecified atom stereocenters. The van der Waals surface area contributed by atoms with Crippen molar-refractivity contribution in [2.45, 2.75) is 90.4 Å². The molecule has 1 N–H and O–H groups in total. The molecule has 0 rings (SSSR count). The summed E-state index contributed by atoms with van der Waals surface area (Å²) in [6.45, 7) is 2.42. The summed E-state index contributed by atoms with van der Waals surface area (Å²) in [4.78, 5) is 21.5. The average Bonchev–Trinajstić information content (AvgIpc) is 2.44. The Bertz CT molecular complexity index is 273. The molecular weight excluding hydrogens is 305 g/mol. The Morgan fingerprint density at radius 1 is 0.773 bits per heavy atom. The normalized spacial score (nSPS) is 10.0. The van der Waals surface area contributed by atoms with Crippen molar-refractivity contribution in [2.24, 2.45) is 0 Å². The number of hydrogen-bond acceptors (Lipinski definition) is 3. The molecule has 0 radical (unpaired) electrons. The van der Waals surface area contributed by atoms with Gasteiger partial charge in [-0.15, -0.1) is 0 Å². The fourth-order valence-corrected chi connectivity index (χ4v) is 2.34. The molecule has 0 fully saturated rings. The van der Waals surface area contributed by atoms with Gasteiger partial charge in [-0.05, 0) is 6.42 Å². The smallest absolute Gasteiger partial charge is 0.550 e. The first-order valence-electron chi connectivity index (χ1n) is 8.63. The van der Waals surface area contributed by atoms with Gasteiger partial charge in [-0.1, -0.05) is 71.1 Å². The van der Waals surface area contributed by atoms with Gasteiger partial charge < -0.3 is 15.2 Å². The molecule has 0 heterocycles. The first kappa shape index (κ1) is 24.8. The summed E-state index contributed by atoms with van der Waals surface area (Å²) in [7, 11) is 0. The van der Waals surface area contributed by atoms with Crippen molar-refractivity contribution >= 4 is 11.9 Å². The van der Waals surface area contributed by atoms with Crippen LogP contribution < -0.4 is 61.8 Å². The van der Waals surface area contributed by atoms with Gasteiger partial charge in [0, 0.05) is 25.4 Å². The average molecular weight is 338 g/mol. The van der Waals surface area contributed by atoms with E-state index in [0.717, 1.165) is 12.8 Å². The molecule has 4 nitrogen and oxygen atoms in total. The number of unbranched alkanes of at least 4 members (excludes halogenated alkanes) is 10. The van der Waals surface area contributed by atoms with Crippen molar-refractivity contribution in [1.29, 1.82) is 0 Å². The molecule has 0 aliphatic carbocycles. The van der Waals surface area contributed by atoms with Crippen LogP contribution >= 0.6 is 0 Å². The van der Waals surface area contributed by atoms with E-state index in [9.17, 15) is 14.7 Å². The van der Waals surface area contributed by atoms with Gasteiger partial charge in [0.25, 0.3) is 0 Å². The third kappa shape index (κ3) is 20.6. The maximum atomic E-state index is 11.4. The van der Waals surface area contributed by atoms with E-state index in [1.54, 1.807) is 0 Å². The Labute approximate surface area is 178 Å². The fourth-order valence-electron chi connectivity index (χ4n) is 2.34. The van der Waals surface area contributed by atoms with Crippen molar-refractivity contribution in [1.82, 2.24) is 5.32 Å². The van der Waals surface area contributed by atoms with E-state index >= 15 is 0 Å². The third-order valence-corrected chi connectivity index (χ3v) is 3.66. The van der Waals surface area contributed by atoms with Crippen LogP contribution in [0.15, 0.2) is 0 Å². The minimum absolute atomic E-state index is 0. The summed E-state index contributed by atoms with van der Waals surface area (Å²) in [6, 6.07) is 0. The second-order valence-corrected chi connectivity index (χ2v) is 5.76. The molecule has 0 saturated heterocycles. The first-order chi connectivity index (χ1) is 10.2. The number of carboxylic acid groups (broad SMARTS) is 1. The van der Waals surface area contributed by atoms with E-state index in [0.29, 0.717) is 6.42 Å². The Morgan fingerprint density at radius 2 is 1.23 bits per heavy atom. The summed E-state index contributed by atoms with van der Waals surface area (Å²) in [5.41, 5.74) is 0. The van der Waals surface area contributed by atoms with Crippen LogP contribution in [-0.4, -0.2) is 18.4 Å². The number of hydrogen-bond donors (Lipinski definition) is 1. The summed E-state index contributed by atoms with van der Waals surface area (Å²) in [6.07, 6.45) is 14.3. The molecule has 0 aromatic heterocycles. The van der Waals surface area contributed by atoms with Crippen molar-refractivity contribution < 1.29 is 66.1 Å². The van der Waals surface area contributed by atoms with Gasteiger partial charge in [0.2, 0.25) is 5.91 Å². The molecule has 5 heteroatoms. The van der Waals surface area contributed by atoms with E-state index in [2.05, 4.69) is 12.2 Å². The molecule has 0 aromatic carbocycles. The third-order valence-electron chi connectivity index (χ3n) is 3.66. The number of amides is 1. The van der Waals surface area contributed by atoms with Crippen LogP contribution in [0.3, 0.4) is 0 Å². The molecular formula is C17H32KNO3. The van der Waals surface area contributed by atoms with Crippen LogP contribution in [0.5, 0.6) is 0 Å². The predicted molar refractivity (Wildman–Crippen MR) is 83.7 cm³/mol. The van der Waals surface area contributed by atoms with Gasteiger partial charge in [-0.3, -0.25) is 4.79 Å². The molecule has 0 bridgehead atoms. The van der Waals surface area contributed by atoms with Crippen molar-refractivity contribution in [3.63, 3.8) is 0 Å². The molecule has 1 amide bonds. The van der Waals surface area contributed by atoms with E-state index in [-0.39, 0.29) is 70.3 Å². The Balaban J connectivity index is 0. The number of carbonyl (C=O) groups is 2. The predicted octanol–water partition coefficient (Wildman–Crippen LogP) is -0.0523. The molecule has 124 valence electrons. The molecule has 0 atom stereocenters. The minimum atomic E-state index is -1.12. The second-order valence-electron chi connectivity index (χ2n) is 5.76. The summed E-state index contributed by atoms with van der Waals surface area (Å²) < 4.78 is 0. The summed E-state index contributed by atoms with van der Waals surface area (Å²) in [5, 5.41) is 12.8. The maximum Gasteiger partial charge on any atom is 1.00 e. The number of carbonyl (C=O) groups excluding carboxylic acids is 2. The molecule has 0 aliphatic rings. The van der Waals surface area contributed by atoms with Crippen LogP contribution in [0.4, 0.5) is 0 Å². The molecule has 0 aromatic rings. The number of aliphatic carboxylic acids is 1. The number of carboxylic acids is 1. The van der Waals surface area contributed by atoms with E-state index in [1.807, 2.05) is 0 Å². The molecule has 0 saturated carbocycles. The van der Waals surface area contributed by atoms with Gasteiger partial charge >= 0.3 is 51.4 Å². The van der Waals surface area contributed by atoms with Crippen LogP contribution in [0.2, 0.25) is 0 Å². The zero-order valence-electron chi connectivity index (χ0n) is 14.6. The summed E-state index contributed by atoms with van der Waals surface area (Å²) in [5.74, 6) is -1.17. The largest absolute Gasteiger partial charge is 1.00 e. The zero-order valence-corrected chi connectivity index (χ0v) is 17.7. The van der Waals surface area contributed by atoms with E-state index in [1.165, 1.54) is 57.8 Å². The van der Waals surface area contributed by atoms with Gasteiger partial charge in [-0.25, -0.2) is 0 Å². The Kier molecular flexibility index (Phi) is 22.1. The standard InChI is InChI=1S/C17H33NO3.K/c1-2-3-4-5-6-7-8-9-10-11-12-13-16(19)18-15-14-17(20)21;/h2-15H2,1H3,(H,18,19)(H,20,21);/q;+1/p-1. The monoisotopic (exact) mass is 337 g/mol. The topological polar surface area (TPSA) is 69.2 Å². The van der Waals surface area contributed by atoms with Crippen molar-refractivity contribution in [2.75, 3.05) is 6.54 Å². The van der Waals surface area contributed by atoms with Gasteiger partial charge in [0.1, 0.15) is 0 Å². The molecule has 0 aliphatic heterocycles. The van der Waals surface area contributed by atoms with Crippen LogP contribution in [0, 0.1) is 0 Å². The van der Waals surface area contributed by atoms with E-state index in [4.69, 9.17) is 0 Å². The number of rotatable bonds is 15. The van der Waals surface area contributed by atoms with Crippen LogP contribution in [0.1, 0.15) is 90.4 Å². The maximum absolute atomic E-state index is 11.4. The minimum Gasteiger partial charge on any atom is -0.550 e. The Morgan fingerprint density at radius 3 is 1.68 bits per heavy atom. The van der Waals surface area contributed by atoms with Gasteiger partial charge in [0.05, 0.1) is 0 Å². The second kappa shape index (κ2) is 19.6.